The molecule has 1 aromatic rings. The minimum Gasteiger partial charge on any atom is -0.457 e. The fourth-order valence-corrected chi connectivity index (χ4v) is 3.63. The fraction of sp³-hybridized carbons (Fsp3) is 0.692. The van der Waals surface area contributed by atoms with E-state index in [9.17, 15) is 13.2 Å². The Morgan fingerprint density at radius 1 is 1.43 bits per heavy atom. The summed E-state index contributed by atoms with van der Waals surface area (Å²) in [5.74, 6) is -0.459. The highest BCUT2D eigenvalue weighted by atomic mass is 32.2. The van der Waals surface area contributed by atoms with Crippen molar-refractivity contribution in [3.8, 4) is 0 Å². The first-order valence-electron chi connectivity index (χ1n) is 7.15. The van der Waals surface area contributed by atoms with Crippen LogP contribution in [0.15, 0.2) is 4.90 Å². The summed E-state index contributed by atoms with van der Waals surface area (Å²) in [5, 5.41) is 11.5. The van der Waals surface area contributed by atoms with Crippen LogP contribution in [-0.2, 0) is 21.2 Å². The summed E-state index contributed by atoms with van der Waals surface area (Å²) in [4.78, 5) is 12.0. The topological polar surface area (TPSA) is 115 Å². The molecular formula is C13H21N3O4S. The smallest absolute Gasteiger partial charge is 0.360 e. The van der Waals surface area contributed by atoms with Gasteiger partial charge in [0.05, 0.1) is 5.69 Å². The Kier molecular flexibility index (Phi) is 4.67. The van der Waals surface area contributed by atoms with Crippen molar-refractivity contribution in [2.24, 2.45) is 11.1 Å². The van der Waals surface area contributed by atoms with Gasteiger partial charge in [0.2, 0.25) is 10.0 Å². The van der Waals surface area contributed by atoms with Gasteiger partial charge >= 0.3 is 5.97 Å². The normalized spacial score (nSPS) is 23.0. The predicted molar refractivity (Wildman–Crippen MR) is 76.2 cm³/mol. The molecule has 0 spiro atoms. The maximum Gasteiger partial charge on any atom is 0.360 e. The van der Waals surface area contributed by atoms with E-state index in [0.29, 0.717) is 12.1 Å². The zero-order valence-electron chi connectivity index (χ0n) is 12.3. The lowest BCUT2D eigenvalue weighted by atomic mass is 9.88. The second kappa shape index (κ2) is 6.15. The molecule has 0 saturated heterocycles. The lowest BCUT2D eigenvalue weighted by molar-refractivity contribution is 0.00379. The van der Waals surface area contributed by atoms with Crippen LogP contribution in [0.5, 0.6) is 0 Å². The third kappa shape index (κ3) is 3.44. The number of sulfonamides is 1. The highest BCUT2D eigenvalue weighted by Gasteiger charge is 2.31. The Hall–Kier alpha value is -1.41. The van der Waals surface area contributed by atoms with Crippen molar-refractivity contribution >= 4 is 16.0 Å². The summed E-state index contributed by atoms with van der Waals surface area (Å²) in [6, 6.07) is 0. The summed E-state index contributed by atoms with van der Waals surface area (Å²) < 4.78 is 28.8. The van der Waals surface area contributed by atoms with E-state index in [-0.39, 0.29) is 22.6 Å². The van der Waals surface area contributed by atoms with E-state index in [2.05, 4.69) is 10.2 Å². The summed E-state index contributed by atoms with van der Waals surface area (Å²) >= 11 is 0. The van der Waals surface area contributed by atoms with E-state index in [0.717, 1.165) is 25.7 Å². The first kappa shape index (κ1) is 16.0. The number of nitrogens with two attached hydrogens (primary N) is 1. The summed E-state index contributed by atoms with van der Waals surface area (Å²) in [7, 11) is -4.03. The number of nitrogens with one attached hydrogen (secondary N) is 1. The van der Waals surface area contributed by atoms with E-state index < -0.39 is 16.0 Å². The molecule has 2 unspecified atom stereocenters. The molecule has 21 heavy (non-hydrogen) atoms. The van der Waals surface area contributed by atoms with Crippen LogP contribution in [0.1, 0.15) is 55.7 Å². The number of hydrogen-bond donors (Lipinski definition) is 2. The number of aryl methyl sites for hydroxylation is 1. The highest BCUT2D eigenvalue weighted by Crippen LogP contribution is 2.28. The number of carbonyl (C=O) groups is 1. The van der Waals surface area contributed by atoms with Crippen molar-refractivity contribution in [2.75, 3.05) is 0 Å². The van der Waals surface area contributed by atoms with Gasteiger partial charge in [-0.2, -0.15) is 5.10 Å². The minimum atomic E-state index is -4.03. The van der Waals surface area contributed by atoms with Crippen LogP contribution in [-0.4, -0.2) is 30.7 Å². The molecule has 1 heterocycles. The molecule has 2 rings (SSSR count). The molecule has 0 aliphatic heterocycles. The zero-order valence-corrected chi connectivity index (χ0v) is 13.1. The molecule has 1 aromatic heterocycles. The second-order valence-corrected chi connectivity index (χ2v) is 6.98. The number of aromatic amines is 1. The fourth-order valence-electron chi connectivity index (χ4n) is 2.70. The van der Waals surface area contributed by atoms with Crippen LogP contribution < -0.4 is 5.14 Å². The molecule has 1 saturated carbocycles. The van der Waals surface area contributed by atoms with Crippen molar-refractivity contribution in [1.29, 1.82) is 0 Å². The highest BCUT2D eigenvalue weighted by molar-refractivity contribution is 7.89. The average molecular weight is 315 g/mol. The lowest BCUT2D eigenvalue weighted by Crippen LogP contribution is -2.29. The van der Waals surface area contributed by atoms with Crippen LogP contribution in [0.4, 0.5) is 0 Å². The third-order valence-electron chi connectivity index (χ3n) is 3.91. The molecule has 1 fully saturated rings. The molecule has 0 radical (unpaired) electrons. The summed E-state index contributed by atoms with van der Waals surface area (Å²) in [6.07, 6.45) is 4.11. The Morgan fingerprint density at radius 3 is 2.67 bits per heavy atom. The number of aromatic nitrogens is 2. The van der Waals surface area contributed by atoms with Gasteiger partial charge in [0, 0.05) is 0 Å². The maximum atomic E-state index is 12.2. The molecule has 3 N–H and O–H groups in total. The number of esters is 1. The Balaban J connectivity index is 2.25. The molecule has 0 bridgehead atoms. The molecule has 2 atom stereocenters. The molecule has 0 aromatic carbocycles. The first-order valence-corrected chi connectivity index (χ1v) is 8.70. The molecule has 7 nitrogen and oxygen atoms in total. The monoisotopic (exact) mass is 315 g/mol. The van der Waals surface area contributed by atoms with E-state index in [1.165, 1.54) is 0 Å². The molecule has 0 amide bonds. The van der Waals surface area contributed by atoms with Crippen LogP contribution in [0.3, 0.4) is 0 Å². The maximum absolute atomic E-state index is 12.2. The number of nitrogens with zero attached hydrogens (tertiary/aromatic N) is 1. The van der Waals surface area contributed by atoms with Gasteiger partial charge in [0.1, 0.15) is 11.0 Å². The van der Waals surface area contributed by atoms with Crippen molar-refractivity contribution in [3.63, 3.8) is 0 Å². The summed E-state index contributed by atoms with van der Waals surface area (Å²) in [5.41, 5.74) is 0.0771. The Morgan fingerprint density at radius 2 is 2.10 bits per heavy atom. The Labute approximate surface area is 124 Å². The molecule has 8 heteroatoms. The van der Waals surface area contributed by atoms with Crippen LogP contribution >= 0.6 is 0 Å². The van der Waals surface area contributed by atoms with Crippen LogP contribution in [0.2, 0.25) is 0 Å². The largest absolute Gasteiger partial charge is 0.457 e. The minimum absolute atomic E-state index is 0.193. The van der Waals surface area contributed by atoms with Crippen molar-refractivity contribution in [1.82, 2.24) is 10.2 Å². The van der Waals surface area contributed by atoms with E-state index >= 15 is 0 Å². The van der Waals surface area contributed by atoms with E-state index in [4.69, 9.17) is 9.88 Å². The van der Waals surface area contributed by atoms with Gasteiger partial charge in [-0.25, -0.2) is 18.4 Å². The number of ether oxygens (including phenoxy) is 1. The zero-order chi connectivity index (χ0) is 15.6. The molecular weight excluding hydrogens is 294 g/mol. The van der Waals surface area contributed by atoms with Gasteiger partial charge in [-0.05, 0) is 31.6 Å². The number of carbonyl (C=O) groups excluding carboxylic acids is 1. The standard InChI is InChI=1S/C13H21N3O4S/c1-3-9-12(21(14,18)19)11(16-15-9)13(17)20-10-7-5-4-6-8(10)2/h8,10H,3-7H2,1-2H3,(H,15,16)(H2,14,18,19). The van der Waals surface area contributed by atoms with Gasteiger partial charge in [-0.15, -0.1) is 0 Å². The SMILES string of the molecule is CCc1[nH]nc(C(=O)OC2CCCCC2C)c1S(N)(=O)=O. The van der Waals surface area contributed by atoms with Gasteiger partial charge < -0.3 is 4.74 Å². The summed E-state index contributed by atoms with van der Waals surface area (Å²) in [6.45, 7) is 3.78. The first-order chi connectivity index (χ1) is 9.84. The van der Waals surface area contributed by atoms with Gasteiger partial charge in [-0.3, -0.25) is 5.10 Å². The van der Waals surface area contributed by atoms with Gasteiger partial charge in [0.15, 0.2) is 5.69 Å². The molecule has 1 aliphatic rings. The van der Waals surface area contributed by atoms with Crippen LogP contribution in [0, 0.1) is 5.92 Å². The lowest BCUT2D eigenvalue weighted by Gasteiger charge is -2.28. The number of hydrogen-bond acceptors (Lipinski definition) is 5. The number of rotatable bonds is 4. The van der Waals surface area contributed by atoms with Crippen LogP contribution in [0.25, 0.3) is 0 Å². The van der Waals surface area contributed by atoms with Crippen molar-refractivity contribution < 1.29 is 17.9 Å². The van der Waals surface area contributed by atoms with Crippen molar-refractivity contribution in [2.45, 2.75) is 57.0 Å². The predicted octanol–water partition coefficient (Wildman–Crippen LogP) is 1.35. The van der Waals surface area contributed by atoms with Gasteiger partial charge in [-0.1, -0.05) is 20.3 Å². The van der Waals surface area contributed by atoms with E-state index in [1.54, 1.807) is 6.92 Å². The molecule has 1 aliphatic carbocycles. The van der Waals surface area contributed by atoms with E-state index in [1.807, 2.05) is 6.92 Å². The average Bonchev–Trinajstić information content (AvgIpc) is 2.85. The van der Waals surface area contributed by atoms with Crippen molar-refractivity contribution in [3.05, 3.63) is 11.4 Å². The number of H-pyrrole nitrogens is 1. The third-order valence-corrected chi connectivity index (χ3v) is 4.92. The Bertz CT molecular complexity index is 623. The molecule has 118 valence electrons. The number of primary sulfonamides is 1. The van der Waals surface area contributed by atoms with Gasteiger partial charge in [0.25, 0.3) is 0 Å². The quantitative estimate of drug-likeness (QED) is 0.814. The second-order valence-electron chi connectivity index (χ2n) is 5.48.